The van der Waals surface area contributed by atoms with Crippen molar-refractivity contribution in [3.05, 3.63) is 26.9 Å². The van der Waals surface area contributed by atoms with E-state index in [0.717, 1.165) is 0 Å². The molecule has 1 aliphatic rings. The van der Waals surface area contributed by atoms with Crippen molar-refractivity contribution in [1.82, 2.24) is 9.55 Å². The maximum atomic E-state index is 12.4. The molecule has 0 aliphatic carbocycles. The third-order valence-corrected chi connectivity index (χ3v) is 4.53. The summed E-state index contributed by atoms with van der Waals surface area (Å²) in [6.45, 7) is 6.14. The molecule has 0 amide bonds. The summed E-state index contributed by atoms with van der Waals surface area (Å²) < 4.78 is 12.6. The van der Waals surface area contributed by atoms with Gasteiger partial charge in [-0.25, -0.2) is 4.79 Å². The fraction of sp³-hybridized carbons (Fsp3) is 0.688. The Bertz CT molecular complexity index is 765. The van der Waals surface area contributed by atoms with Crippen molar-refractivity contribution in [3.8, 4) is 0 Å². The van der Waals surface area contributed by atoms with Crippen LogP contribution in [0.5, 0.6) is 0 Å². The summed E-state index contributed by atoms with van der Waals surface area (Å²) in [4.78, 5) is 27.1. The largest absolute Gasteiger partial charge is 0.460 e. The molecule has 0 aromatic carbocycles. The third kappa shape index (κ3) is 4.00. The third-order valence-electron chi connectivity index (χ3n) is 4.11. The van der Waals surface area contributed by atoms with E-state index in [-0.39, 0.29) is 13.0 Å². The second-order valence-corrected chi connectivity index (χ2v) is 7.73. The molecule has 0 saturated carbocycles. The number of rotatable bonds is 4. The Kier molecular flexibility index (Phi) is 5.53. The summed E-state index contributed by atoms with van der Waals surface area (Å²) >= 11 is 5.05. The Morgan fingerprint density at radius 1 is 1.56 bits per heavy atom. The Labute approximate surface area is 150 Å². The van der Waals surface area contributed by atoms with Crippen LogP contribution >= 0.6 is 12.2 Å². The van der Waals surface area contributed by atoms with Crippen molar-refractivity contribution < 1.29 is 24.5 Å². The number of carbonyl (C=O) groups is 1. The number of hydrogen-bond acceptors (Lipinski definition) is 7. The van der Waals surface area contributed by atoms with Gasteiger partial charge in [-0.15, -0.1) is 0 Å². The van der Waals surface area contributed by atoms with Crippen LogP contribution in [0, 0.1) is 17.0 Å². The maximum absolute atomic E-state index is 12.4. The molecule has 0 bridgehead atoms. The molecule has 1 aliphatic heterocycles. The number of nitrogens with zero attached hydrogens (tertiary/aromatic N) is 1. The van der Waals surface area contributed by atoms with Gasteiger partial charge < -0.3 is 19.7 Å². The SMILES string of the molecule is Cc1cn([C@@]2(COC(=O)C(C)(C)C)C[C@H](O)[C@@H](CO)O2)c(=O)[nH]c1=S. The number of aliphatic hydroxyl groups is 2. The van der Waals surface area contributed by atoms with E-state index in [9.17, 15) is 19.8 Å². The lowest BCUT2D eigenvalue weighted by Gasteiger charge is -2.31. The lowest BCUT2D eigenvalue weighted by molar-refractivity contribution is -0.179. The standard InChI is InChI=1S/C16H24N2O6S/c1-9-6-18(14(22)17-12(9)25)16(5-10(20)11(7-19)24-16)8-23-13(21)15(2,3)4/h6,10-11,19-20H,5,7-8H2,1-4H3,(H,17,22,25)/t10-,11+,16-/m0/s1. The topological polar surface area (TPSA) is 114 Å². The summed E-state index contributed by atoms with van der Waals surface area (Å²) in [5, 5.41) is 19.5. The molecule has 1 aromatic rings. The second kappa shape index (κ2) is 6.99. The molecule has 1 fully saturated rings. The molecule has 2 heterocycles. The van der Waals surface area contributed by atoms with E-state index in [1.54, 1.807) is 27.7 Å². The fourth-order valence-electron chi connectivity index (χ4n) is 2.61. The number of aryl methyl sites for hydroxylation is 1. The first-order valence-corrected chi connectivity index (χ1v) is 8.38. The van der Waals surface area contributed by atoms with Gasteiger partial charge in [0.1, 0.15) is 17.4 Å². The highest BCUT2D eigenvalue weighted by atomic mass is 32.1. The lowest BCUT2D eigenvalue weighted by atomic mass is 9.97. The monoisotopic (exact) mass is 372 g/mol. The van der Waals surface area contributed by atoms with Crippen LogP contribution in [-0.4, -0.2) is 51.2 Å². The van der Waals surface area contributed by atoms with E-state index in [2.05, 4.69) is 4.98 Å². The fourth-order valence-corrected chi connectivity index (χ4v) is 2.75. The molecular weight excluding hydrogens is 348 g/mol. The molecule has 1 saturated heterocycles. The first kappa shape index (κ1) is 19.8. The smallest absolute Gasteiger partial charge is 0.328 e. The van der Waals surface area contributed by atoms with Gasteiger partial charge in [-0.2, -0.15) is 0 Å². The van der Waals surface area contributed by atoms with Crippen LogP contribution in [0.3, 0.4) is 0 Å². The van der Waals surface area contributed by atoms with Crippen LogP contribution in [-0.2, 0) is 20.0 Å². The zero-order valence-electron chi connectivity index (χ0n) is 14.7. The summed E-state index contributed by atoms with van der Waals surface area (Å²) in [5.74, 6) is -0.467. The Morgan fingerprint density at radius 2 is 2.20 bits per heavy atom. The first-order chi connectivity index (χ1) is 11.5. The Morgan fingerprint density at radius 3 is 2.72 bits per heavy atom. The van der Waals surface area contributed by atoms with Crippen molar-refractivity contribution in [2.75, 3.05) is 13.2 Å². The number of hydrogen-bond donors (Lipinski definition) is 3. The van der Waals surface area contributed by atoms with Crippen LogP contribution in [0.1, 0.15) is 32.8 Å². The molecule has 2 rings (SSSR count). The normalized spacial score (nSPS) is 26.6. The molecule has 3 N–H and O–H groups in total. The van der Waals surface area contributed by atoms with E-state index in [0.29, 0.717) is 10.2 Å². The highest BCUT2D eigenvalue weighted by Crippen LogP contribution is 2.35. The molecule has 0 spiro atoms. The van der Waals surface area contributed by atoms with Crippen LogP contribution < -0.4 is 5.69 Å². The van der Waals surface area contributed by atoms with Crippen LogP contribution in [0.25, 0.3) is 0 Å². The number of aromatic nitrogens is 2. The van der Waals surface area contributed by atoms with Gasteiger partial charge >= 0.3 is 11.7 Å². The van der Waals surface area contributed by atoms with E-state index in [1.807, 2.05) is 0 Å². The van der Waals surface area contributed by atoms with Crippen LogP contribution in [0.4, 0.5) is 0 Å². The van der Waals surface area contributed by atoms with Gasteiger partial charge in [-0.1, -0.05) is 12.2 Å². The molecule has 9 heteroatoms. The molecule has 25 heavy (non-hydrogen) atoms. The summed E-state index contributed by atoms with van der Waals surface area (Å²) in [6, 6.07) is 0. The van der Waals surface area contributed by atoms with Crippen molar-refractivity contribution >= 4 is 18.2 Å². The van der Waals surface area contributed by atoms with Gasteiger partial charge in [-0.3, -0.25) is 14.3 Å². The van der Waals surface area contributed by atoms with Crippen molar-refractivity contribution in [3.63, 3.8) is 0 Å². The minimum absolute atomic E-state index is 0.0143. The molecule has 8 nitrogen and oxygen atoms in total. The highest BCUT2D eigenvalue weighted by Gasteiger charge is 2.49. The molecule has 0 unspecified atom stereocenters. The average Bonchev–Trinajstić information content (AvgIpc) is 2.84. The maximum Gasteiger partial charge on any atom is 0.328 e. The van der Waals surface area contributed by atoms with E-state index < -0.39 is 41.6 Å². The predicted octanol–water partition coefficient (Wildman–Crippen LogP) is 0.599. The van der Waals surface area contributed by atoms with Gasteiger partial charge in [0.2, 0.25) is 0 Å². The highest BCUT2D eigenvalue weighted by molar-refractivity contribution is 7.71. The van der Waals surface area contributed by atoms with E-state index in [4.69, 9.17) is 21.7 Å². The number of carbonyl (C=O) groups excluding carboxylic acids is 1. The first-order valence-electron chi connectivity index (χ1n) is 7.97. The lowest BCUT2D eigenvalue weighted by Crippen LogP contribution is -2.47. The van der Waals surface area contributed by atoms with Crippen LogP contribution in [0.15, 0.2) is 11.0 Å². The molecule has 3 atom stereocenters. The molecular formula is C16H24N2O6S. The molecule has 140 valence electrons. The van der Waals surface area contributed by atoms with E-state index >= 15 is 0 Å². The van der Waals surface area contributed by atoms with Crippen LogP contribution in [0.2, 0.25) is 0 Å². The number of H-pyrrole nitrogens is 1. The predicted molar refractivity (Wildman–Crippen MR) is 91.6 cm³/mol. The van der Waals surface area contributed by atoms with Gasteiger partial charge in [0.05, 0.1) is 18.1 Å². The van der Waals surface area contributed by atoms with Crippen molar-refractivity contribution in [1.29, 1.82) is 0 Å². The molecule has 1 aromatic heterocycles. The van der Waals surface area contributed by atoms with Crippen molar-refractivity contribution in [2.45, 2.75) is 52.0 Å². The van der Waals surface area contributed by atoms with Gasteiger partial charge in [0.25, 0.3) is 0 Å². The Balaban J connectivity index is 2.45. The number of aliphatic hydroxyl groups excluding tert-OH is 2. The minimum Gasteiger partial charge on any atom is -0.460 e. The number of esters is 1. The van der Waals surface area contributed by atoms with Gasteiger partial charge in [0, 0.05) is 18.2 Å². The zero-order valence-corrected chi connectivity index (χ0v) is 15.6. The number of aromatic amines is 1. The van der Waals surface area contributed by atoms with E-state index in [1.165, 1.54) is 10.8 Å². The van der Waals surface area contributed by atoms with Gasteiger partial charge in [0.15, 0.2) is 5.72 Å². The van der Waals surface area contributed by atoms with Crippen molar-refractivity contribution in [2.24, 2.45) is 5.41 Å². The number of ether oxygens (including phenoxy) is 2. The summed E-state index contributed by atoms with van der Waals surface area (Å²) in [6.07, 6.45) is -0.407. The molecule has 0 radical (unpaired) electrons. The summed E-state index contributed by atoms with van der Waals surface area (Å²) in [5.41, 5.74) is -2.07. The number of nitrogens with one attached hydrogen (secondary N) is 1. The minimum atomic E-state index is -1.42. The summed E-state index contributed by atoms with van der Waals surface area (Å²) in [7, 11) is 0. The zero-order chi connectivity index (χ0) is 19.0. The average molecular weight is 372 g/mol. The quantitative estimate of drug-likeness (QED) is 0.524. The van der Waals surface area contributed by atoms with Gasteiger partial charge in [-0.05, 0) is 27.7 Å². The Hall–Kier alpha value is -1.55. The second-order valence-electron chi connectivity index (χ2n) is 7.32.